The number of anilines is 1. The topological polar surface area (TPSA) is 64.7 Å². The lowest BCUT2D eigenvalue weighted by molar-refractivity contribution is -0.119. The zero-order valence-corrected chi connectivity index (χ0v) is 14.3. The minimum Gasteiger partial charge on any atom is -0.309 e. The van der Waals surface area contributed by atoms with E-state index in [9.17, 15) is 9.18 Å². The number of nitrogens with zero attached hydrogens (tertiary/aromatic N) is 4. The van der Waals surface area contributed by atoms with Crippen LogP contribution in [0.15, 0.2) is 48.9 Å². The highest BCUT2D eigenvalue weighted by atomic mass is 35.5. The molecule has 0 radical (unpaired) electrons. The molecule has 2 heterocycles. The molecule has 3 aromatic rings. The van der Waals surface area contributed by atoms with Crippen LogP contribution >= 0.6 is 11.6 Å². The van der Waals surface area contributed by atoms with E-state index in [1.54, 1.807) is 40.8 Å². The summed E-state index contributed by atoms with van der Waals surface area (Å²) < 4.78 is 16.5. The Labute approximate surface area is 149 Å². The number of carbonyl (C=O) groups excluding carboxylic acids is 1. The first kappa shape index (κ1) is 17.2. The van der Waals surface area contributed by atoms with E-state index in [1.807, 2.05) is 6.07 Å². The Balaban J connectivity index is 1.57. The second-order valence-electron chi connectivity index (χ2n) is 5.80. The molecule has 0 aliphatic carbocycles. The summed E-state index contributed by atoms with van der Waals surface area (Å²) in [6.07, 6.45) is 4.93. The molecule has 0 aliphatic rings. The van der Waals surface area contributed by atoms with Gasteiger partial charge in [-0.25, -0.2) is 4.39 Å². The molecular weight excluding hydrogens is 345 g/mol. The van der Waals surface area contributed by atoms with Crippen LogP contribution in [-0.4, -0.2) is 25.5 Å². The molecule has 0 saturated heterocycles. The van der Waals surface area contributed by atoms with Gasteiger partial charge in [-0.2, -0.15) is 10.2 Å². The Bertz CT molecular complexity index is 875. The first-order valence-corrected chi connectivity index (χ1v) is 8.14. The van der Waals surface area contributed by atoms with Crippen molar-refractivity contribution in [1.29, 1.82) is 0 Å². The van der Waals surface area contributed by atoms with Gasteiger partial charge in [-0.3, -0.25) is 14.2 Å². The van der Waals surface area contributed by atoms with Crippen LogP contribution in [0.5, 0.6) is 0 Å². The van der Waals surface area contributed by atoms with Crippen molar-refractivity contribution in [3.63, 3.8) is 0 Å². The molecule has 0 fully saturated rings. The van der Waals surface area contributed by atoms with Gasteiger partial charge in [-0.1, -0.05) is 30.7 Å². The maximum absolute atomic E-state index is 13.2. The third-order valence-electron chi connectivity index (χ3n) is 3.64. The quantitative estimate of drug-likeness (QED) is 0.733. The predicted molar refractivity (Wildman–Crippen MR) is 92.8 cm³/mol. The highest BCUT2D eigenvalue weighted by molar-refractivity contribution is 6.30. The number of rotatable bonds is 6. The third-order valence-corrected chi connectivity index (χ3v) is 3.83. The predicted octanol–water partition coefficient (Wildman–Crippen LogP) is 3.20. The minimum absolute atomic E-state index is 0.164. The molecule has 1 N–H and O–H groups in total. The lowest BCUT2D eigenvalue weighted by Crippen LogP contribution is -2.24. The van der Waals surface area contributed by atoms with Crippen molar-refractivity contribution in [3.8, 4) is 0 Å². The van der Waals surface area contributed by atoms with Crippen LogP contribution in [0.25, 0.3) is 0 Å². The molecule has 0 saturated carbocycles. The summed E-state index contributed by atoms with van der Waals surface area (Å²) in [5, 5.41) is 11.6. The van der Waals surface area contributed by atoms with Gasteiger partial charge in [0.05, 0.1) is 30.2 Å². The fourth-order valence-corrected chi connectivity index (χ4v) is 2.55. The SMILES string of the molecule is CC(Cn1cc(Cl)cn1)C(=O)Nc1ccn(Cc2cccc(F)c2)n1. The number of carbonyl (C=O) groups is 1. The molecule has 8 heteroatoms. The fourth-order valence-electron chi connectivity index (χ4n) is 2.39. The van der Waals surface area contributed by atoms with Crippen LogP contribution in [0.3, 0.4) is 0 Å². The van der Waals surface area contributed by atoms with E-state index in [4.69, 9.17) is 11.6 Å². The van der Waals surface area contributed by atoms with Crippen molar-refractivity contribution < 1.29 is 9.18 Å². The molecule has 3 rings (SSSR count). The average Bonchev–Trinajstić information content (AvgIpc) is 3.16. The summed E-state index contributed by atoms with van der Waals surface area (Å²) in [4.78, 5) is 12.3. The molecule has 130 valence electrons. The van der Waals surface area contributed by atoms with E-state index in [2.05, 4.69) is 15.5 Å². The highest BCUT2D eigenvalue weighted by Gasteiger charge is 2.15. The van der Waals surface area contributed by atoms with E-state index in [1.165, 1.54) is 18.3 Å². The van der Waals surface area contributed by atoms with Gasteiger partial charge >= 0.3 is 0 Å². The molecule has 1 unspecified atom stereocenters. The molecular formula is C17H17ClFN5O. The zero-order chi connectivity index (χ0) is 17.8. The van der Waals surface area contributed by atoms with Gasteiger partial charge < -0.3 is 5.32 Å². The summed E-state index contributed by atoms with van der Waals surface area (Å²) >= 11 is 5.81. The van der Waals surface area contributed by atoms with Crippen LogP contribution < -0.4 is 5.32 Å². The van der Waals surface area contributed by atoms with Crippen LogP contribution in [0.1, 0.15) is 12.5 Å². The third kappa shape index (κ3) is 4.67. The van der Waals surface area contributed by atoms with Gasteiger partial charge in [-0.05, 0) is 17.7 Å². The number of amides is 1. The van der Waals surface area contributed by atoms with Gasteiger partial charge in [0.2, 0.25) is 5.91 Å². The average molecular weight is 362 g/mol. The largest absolute Gasteiger partial charge is 0.309 e. The molecule has 0 aliphatic heterocycles. The Morgan fingerprint density at radius 3 is 2.92 bits per heavy atom. The highest BCUT2D eigenvalue weighted by Crippen LogP contribution is 2.11. The monoisotopic (exact) mass is 361 g/mol. The van der Waals surface area contributed by atoms with Crippen molar-refractivity contribution in [2.75, 3.05) is 5.32 Å². The standard InChI is InChI=1S/C17H17ClFN5O/c1-12(9-24-11-14(18)8-20-24)17(25)21-16-5-6-23(22-16)10-13-3-2-4-15(19)7-13/h2-8,11-12H,9-10H2,1H3,(H,21,22,25). The summed E-state index contributed by atoms with van der Waals surface area (Å²) in [5.74, 6) is -0.301. The maximum atomic E-state index is 13.2. The molecule has 0 spiro atoms. The Morgan fingerprint density at radius 1 is 1.36 bits per heavy atom. The maximum Gasteiger partial charge on any atom is 0.230 e. The van der Waals surface area contributed by atoms with Crippen molar-refractivity contribution in [1.82, 2.24) is 19.6 Å². The Hall–Kier alpha value is -2.67. The van der Waals surface area contributed by atoms with E-state index in [0.29, 0.717) is 23.9 Å². The van der Waals surface area contributed by atoms with Crippen LogP contribution in [0, 0.1) is 11.7 Å². The van der Waals surface area contributed by atoms with E-state index in [0.717, 1.165) is 5.56 Å². The van der Waals surface area contributed by atoms with Gasteiger partial charge in [0.15, 0.2) is 5.82 Å². The second-order valence-corrected chi connectivity index (χ2v) is 6.24. The van der Waals surface area contributed by atoms with Gasteiger partial charge in [0.25, 0.3) is 0 Å². The molecule has 1 atom stereocenters. The molecule has 0 bridgehead atoms. The molecule has 6 nitrogen and oxygen atoms in total. The van der Waals surface area contributed by atoms with Crippen molar-refractivity contribution in [3.05, 3.63) is 65.3 Å². The first-order valence-electron chi connectivity index (χ1n) is 7.76. The van der Waals surface area contributed by atoms with Gasteiger partial charge in [0.1, 0.15) is 5.82 Å². The van der Waals surface area contributed by atoms with Crippen molar-refractivity contribution in [2.45, 2.75) is 20.0 Å². The van der Waals surface area contributed by atoms with Gasteiger partial charge in [0, 0.05) is 18.5 Å². The summed E-state index contributed by atoms with van der Waals surface area (Å²) in [7, 11) is 0. The van der Waals surface area contributed by atoms with Crippen LogP contribution in [0.2, 0.25) is 5.02 Å². The smallest absolute Gasteiger partial charge is 0.230 e. The lowest BCUT2D eigenvalue weighted by atomic mass is 10.1. The van der Waals surface area contributed by atoms with E-state index < -0.39 is 0 Å². The fraction of sp³-hybridized carbons (Fsp3) is 0.235. The Kier molecular flexibility index (Phi) is 5.14. The number of halogens is 2. The molecule has 25 heavy (non-hydrogen) atoms. The lowest BCUT2D eigenvalue weighted by Gasteiger charge is -2.10. The minimum atomic E-state index is -0.302. The number of hydrogen-bond acceptors (Lipinski definition) is 3. The normalized spacial score (nSPS) is 12.1. The first-order chi connectivity index (χ1) is 12.0. The summed E-state index contributed by atoms with van der Waals surface area (Å²) in [6, 6.07) is 8.03. The number of aromatic nitrogens is 4. The van der Waals surface area contributed by atoms with Crippen LogP contribution in [-0.2, 0) is 17.9 Å². The molecule has 1 aromatic carbocycles. The molecule has 2 aromatic heterocycles. The number of benzene rings is 1. The zero-order valence-electron chi connectivity index (χ0n) is 13.6. The second kappa shape index (κ2) is 7.48. The van der Waals surface area contributed by atoms with Crippen molar-refractivity contribution in [2.24, 2.45) is 5.92 Å². The number of nitrogens with one attached hydrogen (secondary N) is 1. The van der Waals surface area contributed by atoms with E-state index in [-0.39, 0.29) is 17.6 Å². The van der Waals surface area contributed by atoms with Crippen LogP contribution in [0.4, 0.5) is 10.2 Å². The van der Waals surface area contributed by atoms with E-state index >= 15 is 0 Å². The van der Waals surface area contributed by atoms with Crippen molar-refractivity contribution >= 4 is 23.3 Å². The Morgan fingerprint density at radius 2 is 2.20 bits per heavy atom. The number of hydrogen-bond donors (Lipinski definition) is 1. The summed E-state index contributed by atoms with van der Waals surface area (Å²) in [6.45, 7) is 2.65. The van der Waals surface area contributed by atoms with Gasteiger partial charge in [-0.15, -0.1) is 0 Å². The molecule has 1 amide bonds. The summed E-state index contributed by atoms with van der Waals surface area (Å²) in [5.41, 5.74) is 0.796.